The van der Waals surface area contributed by atoms with E-state index in [1.54, 1.807) is 17.4 Å². The topological polar surface area (TPSA) is 126 Å². The number of fused-ring (bicyclic) bond motifs is 2. The molecule has 11 nitrogen and oxygen atoms in total. The number of nitrogen functional groups attached to an aromatic ring is 1. The number of halogens is 4. The summed E-state index contributed by atoms with van der Waals surface area (Å²) in [6.07, 6.45) is 3.17. The molecule has 4 N–H and O–H groups in total. The van der Waals surface area contributed by atoms with Crippen molar-refractivity contribution in [1.29, 1.82) is 0 Å². The number of para-hydroxylation sites is 3. The Labute approximate surface area is 303 Å². The van der Waals surface area contributed by atoms with E-state index in [2.05, 4.69) is 15.6 Å². The number of rotatable bonds is 9. The van der Waals surface area contributed by atoms with Crippen LogP contribution in [0.5, 0.6) is 0 Å². The second kappa shape index (κ2) is 14.8. The van der Waals surface area contributed by atoms with Crippen molar-refractivity contribution in [3.05, 3.63) is 107 Å². The van der Waals surface area contributed by atoms with Crippen molar-refractivity contribution in [1.82, 2.24) is 34.2 Å². The van der Waals surface area contributed by atoms with Gasteiger partial charge in [0.1, 0.15) is 5.82 Å². The number of nitrogens with two attached hydrogens (primary N) is 1. The van der Waals surface area contributed by atoms with Gasteiger partial charge in [-0.2, -0.15) is 13.2 Å². The molecule has 0 aliphatic carbocycles. The molecular formula is C37H39ClF3N9O2. The van der Waals surface area contributed by atoms with Crippen LogP contribution in [0.1, 0.15) is 47.8 Å². The number of carbonyl (C=O) groups excluding carboxylic acids is 2. The Morgan fingerprint density at radius 1 is 1.06 bits per heavy atom. The Morgan fingerprint density at radius 3 is 2.60 bits per heavy atom. The Morgan fingerprint density at radius 2 is 1.83 bits per heavy atom. The lowest BCUT2D eigenvalue weighted by Crippen LogP contribution is -2.52. The third-order valence-corrected chi connectivity index (χ3v) is 10.2. The van der Waals surface area contributed by atoms with Crippen LogP contribution in [-0.2, 0) is 32.1 Å². The predicted molar refractivity (Wildman–Crippen MR) is 193 cm³/mol. The molecule has 1 unspecified atom stereocenters. The first-order valence-corrected chi connectivity index (χ1v) is 17.7. The second-order valence-electron chi connectivity index (χ2n) is 13.3. The zero-order valence-electron chi connectivity index (χ0n) is 28.3. The summed E-state index contributed by atoms with van der Waals surface area (Å²) in [6.45, 7) is 2.58. The number of alkyl halides is 3. The Kier molecular flexibility index (Phi) is 10.00. The summed E-state index contributed by atoms with van der Waals surface area (Å²) in [7, 11) is 0. The molecule has 1 atom stereocenters. The summed E-state index contributed by atoms with van der Waals surface area (Å²) in [5.41, 5.74) is 7.86. The summed E-state index contributed by atoms with van der Waals surface area (Å²) in [5, 5.41) is 5.92. The molecule has 15 heteroatoms. The number of imidazole rings is 2. The van der Waals surface area contributed by atoms with Gasteiger partial charge in [-0.15, -0.1) is 0 Å². The molecule has 0 saturated carbocycles. The number of piperidine rings is 1. The summed E-state index contributed by atoms with van der Waals surface area (Å²) in [6, 6.07) is 16.3. The van der Waals surface area contributed by atoms with Crippen LogP contribution < -0.4 is 16.4 Å². The lowest BCUT2D eigenvalue weighted by Gasteiger charge is -2.38. The molecule has 52 heavy (non-hydrogen) atoms. The molecule has 272 valence electrons. The molecule has 0 radical (unpaired) electrons. The van der Waals surface area contributed by atoms with Gasteiger partial charge in [-0.05, 0) is 67.1 Å². The van der Waals surface area contributed by atoms with Gasteiger partial charge in [0.25, 0.3) is 0 Å². The van der Waals surface area contributed by atoms with Crippen LogP contribution in [0.2, 0.25) is 5.02 Å². The van der Waals surface area contributed by atoms with E-state index in [0.29, 0.717) is 63.3 Å². The van der Waals surface area contributed by atoms with Crippen LogP contribution in [0.25, 0.3) is 11.0 Å². The van der Waals surface area contributed by atoms with Gasteiger partial charge in [0.2, 0.25) is 0 Å². The average Bonchev–Trinajstić information content (AvgIpc) is 3.74. The molecule has 0 spiro atoms. The highest BCUT2D eigenvalue weighted by Crippen LogP contribution is 2.39. The number of nitrogens with zero attached hydrogens (tertiary/aromatic N) is 6. The number of benzene rings is 3. The number of aryl methyl sites for hydroxylation is 2. The van der Waals surface area contributed by atoms with Crippen molar-refractivity contribution < 1.29 is 22.8 Å². The monoisotopic (exact) mass is 733 g/mol. The maximum Gasteiger partial charge on any atom is 0.418 e. The van der Waals surface area contributed by atoms with Crippen molar-refractivity contribution in [2.24, 2.45) is 0 Å². The number of amides is 4. The largest absolute Gasteiger partial charge is 0.418 e. The first kappa shape index (κ1) is 35.2. The fourth-order valence-corrected chi connectivity index (χ4v) is 7.50. The zero-order chi connectivity index (χ0) is 36.4. The number of hydrogen-bond acceptors (Lipinski definition) is 5. The first-order valence-electron chi connectivity index (χ1n) is 17.3. The van der Waals surface area contributed by atoms with Crippen molar-refractivity contribution in [2.45, 2.75) is 63.5 Å². The van der Waals surface area contributed by atoms with Crippen LogP contribution in [0.15, 0.2) is 79.4 Å². The molecule has 2 aromatic heterocycles. The first-order chi connectivity index (χ1) is 25.0. The quantitative estimate of drug-likeness (QED) is 0.139. The van der Waals surface area contributed by atoms with Gasteiger partial charge in [-0.3, -0.25) is 0 Å². The number of anilines is 2. The molecule has 3 aromatic carbocycles. The smallest absolute Gasteiger partial charge is 0.397 e. The molecule has 5 aromatic rings. The Balaban J connectivity index is 1.13. The lowest BCUT2D eigenvalue weighted by molar-refractivity contribution is -0.137. The zero-order valence-corrected chi connectivity index (χ0v) is 29.1. The second-order valence-corrected chi connectivity index (χ2v) is 13.7. The van der Waals surface area contributed by atoms with Crippen LogP contribution in [0, 0.1) is 0 Å². The van der Waals surface area contributed by atoms with Gasteiger partial charge in [-0.25, -0.2) is 19.6 Å². The SMILES string of the molecule is Nc1c(Cl)cc(CC(NC(=O)N2CCC(N3CCc4ccccc4NC3=O)CC2)c2nc3ccccc3n2CCCn2ccnc2)cc1C(F)(F)F. The number of likely N-dealkylation sites (tertiary alicyclic amines) is 1. The van der Waals surface area contributed by atoms with Crippen LogP contribution in [0.3, 0.4) is 0 Å². The van der Waals surface area contributed by atoms with Gasteiger partial charge in [0, 0.05) is 63.3 Å². The Bertz CT molecular complexity index is 2060. The van der Waals surface area contributed by atoms with E-state index in [-0.39, 0.29) is 35.1 Å². The van der Waals surface area contributed by atoms with E-state index in [4.69, 9.17) is 22.3 Å². The molecule has 4 heterocycles. The van der Waals surface area contributed by atoms with E-state index in [1.807, 2.05) is 68.8 Å². The Hall–Kier alpha value is -5.24. The fourth-order valence-electron chi connectivity index (χ4n) is 7.25. The third-order valence-electron chi connectivity index (χ3n) is 9.92. The molecule has 4 amide bonds. The summed E-state index contributed by atoms with van der Waals surface area (Å²) >= 11 is 6.24. The number of nitrogens with one attached hydrogen (secondary N) is 2. The summed E-state index contributed by atoms with van der Waals surface area (Å²) < 4.78 is 46.0. The molecule has 0 bridgehead atoms. The molecule has 2 aliphatic rings. The fraction of sp³-hybridized carbons (Fsp3) is 0.351. The summed E-state index contributed by atoms with van der Waals surface area (Å²) in [5.74, 6) is 0.511. The van der Waals surface area contributed by atoms with E-state index < -0.39 is 23.5 Å². The maximum atomic E-state index is 14.0. The van der Waals surface area contributed by atoms with E-state index in [0.717, 1.165) is 29.3 Å². The lowest BCUT2D eigenvalue weighted by atomic mass is 10.0. The van der Waals surface area contributed by atoms with Gasteiger partial charge < -0.3 is 35.3 Å². The molecule has 1 fully saturated rings. The number of aromatic nitrogens is 4. The van der Waals surface area contributed by atoms with Crippen molar-refractivity contribution in [3.63, 3.8) is 0 Å². The number of urea groups is 2. The third kappa shape index (κ3) is 7.52. The van der Waals surface area contributed by atoms with Crippen molar-refractivity contribution in [2.75, 3.05) is 30.7 Å². The van der Waals surface area contributed by atoms with Gasteiger partial charge >= 0.3 is 18.2 Å². The number of carbonyl (C=O) groups is 2. The normalized spacial score (nSPS) is 16.0. The summed E-state index contributed by atoms with van der Waals surface area (Å²) in [4.78, 5) is 39.8. The molecule has 2 aliphatic heterocycles. The van der Waals surface area contributed by atoms with Gasteiger partial charge in [-0.1, -0.05) is 41.9 Å². The van der Waals surface area contributed by atoms with E-state index in [1.165, 1.54) is 6.07 Å². The van der Waals surface area contributed by atoms with Crippen molar-refractivity contribution >= 4 is 46.1 Å². The van der Waals surface area contributed by atoms with Crippen LogP contribution in [0.4, 0.5) is 34.1 Å². The average molecular weight is 734 g/mol. The number of hydrogen-bond donors (Lipinski definition) is 3. The minimum atomic E-state index is -4.72. The molecule has 7 rings (SSSR count). The predicted octanol–water partition coefficient (Wildman–Crippen LogP) is 7.13. The van der Waals surface area contributed by atoms with Crippen LogP contribution in [-0.4, -0.2) is 66.6 Å². The van der Waals surface area contributed by atoms with Crippen molar-refractivity contribution in [3.8, 4) is 0 Å². The van der Waals surface area contributed by atoms with E-state index in [9.17, 15) is 22.8 Å². The highest BCUT2D eigenvalue weighted by atomic mass is 35.5. The molecule has 1 saturated heterocycles. The van der Waals surface area contributed by atoms with E-state index >= 15 is 0 Å². The maximum absolute atomic E-state index is 14.0. The standard InChI is InChI=1S/C37H39ClF3N9O2/c38-28-21-24(20-27(33(28)42)37(39,40)41)22-31(34-44-30-8-3-4-9-32(30)50(34)15-5-14-47-19-13-43-23-47)46-35(51)48-16-11-26(12-17-48)49-18-10-25-6-1-2-7-29(25)45-36(49)52/h1-4,6-9,13,19-21,23,26,31H,5,10-12,14-18,22,42H2,(H,45,52)(H,46,51). The van der Waals surface area contributed by atoms with Gasteiger partial charge in [0.15, 0.2) is 0 Å². The highest BCUT2D eigenvalue weighted by molar-refractivity contribution is 6.33. The minimum absolute atomic E-state index is 0.0232. The highest BCUT2D eigenvalue weighted by Gasteiger charge is 2.36. The van der Waals surface area contributed by atoms with Gasteiger partial charge in [0.05, 0.1) is 39.7 Å². The minimum Gasteiger partial charge on any atom is -0.397 e. The van der Waals surface area contributed by atoms with Crippen LogP contribution >= 0.6 is 11.6 Å². The molecular weight excluding hydrogens is 695 g/mol.